The molecule has 0 aliphatic rings. The third-order valence-corrected chi connectivity index (χ3v) is 3.70. The third kappa shape index (κ3) is 4.02. The molecule has 3 N–H and O–H groups in total. The number of nitrogens with two attached hydrogens (primary N) is 1. The lowest BCUT2D eigenvalue weighted by molar-refractivity contribution is 0.0525. The van der Waals surface area contributed by atoms with Crippen molar-refractivity contribution in [1.29, 1.82) is 0 Å². The molecule has 0 radical (unpaired) electrons. The Labute approximate surface area is 156 Å². The molecule has 0 saturated heterocycles. The first-order valence-corrected chi connectivity index (χ1v) is 8.80. The third-order valence-electron chi connectivity index (χ3n) is 3.70. The Morgan fingerprint density at radius 3 is 2.78 bits per heavy atom. The number of fused-ring (bicyclic) bond motifs is 3. The summed E-state index contributed by atoms with van der Waals surface area (Å²) in [7, 11) is 0. The number of nitrogens with one attached hydrogen (secondary N) is 1. The van der Waals surface area contributed by atoms with Crippen molar-refractivity contribution in [3.8, 4) is 6.01 Å². The number of pyridine rings is 2. The van der Waals surface area contributed by atoms with Gasteiger partial charge in [-0.1, -0.05) is 0 Å². The van der Waals surface area contributed by atoms with Crippen LogP contribution in [0.25, 0.3) is 22.1 Å². The molecule has 3 rings (SSSR count). The van der Waals surface area contributed by atoms with E-state index in [4.69, 9.17) is 15.2 Å². The van der Waals surface area contributed by atoms with Crippen molar-refractivity contribution in [2.24, 2.45) is 0 Å². The molecule has 0 aromatic carbocycles. The minimum Gasteiger partial charge on any atom is -0.465 e. The Hall–Kier alpha value is -3.10. The summed E-state index contributed by atoms with van der Waals surface area (Å²) in [4.78, 5) is 25.2. The van der Waals surface area contributed by atoms with Gasteiger partial charge in [0.2, 0.25) is 0 Å². The number of hydrogen-bond donors (Lipinski definition) is 2. The van der Waals surface area contributed by atoms with E-state index in [-0.39, 0.29) is 0 Å². The maximum absolute atomic E-state index is 11.9. The van der Waals surface area contributed by atoms with Crippen LogP contribution in [0.3, 0.4) is 0 Å². The van der Waals surface area contributed by atoms with Gasteiger partial charge < -0.3 is 20.5 Å². The Kier molecular flexibility index (Phi) is 5.02. The highest BCUT2D eigenvalue weighted by molar-refractivity contribution is 6.04. The highest BCUT2D eigenvalue weighted by Gasteiger charge is 2.20. The lowest BCUT2D eigenvalue weighted by Crippen LogP contribution is -2.34. The molecule has 3 aromatic rings. The number of ether oxygens (including phenoxy) is 2. The minimum atomic E-state index is -0.553. The summed E-state index contributed by atoms with van der Waals surface area (Å²) in [6.45, 7) is 8.52. The van der Waals surface area contributed by atoms with E-state index in [0.29, 0.717) is 48.1 Å². The van der Waals surface area contributed by atoms with Gasteiger partial charge >= 0.3 is 6.09 Å². The van der Waals surface area contributed by atoms with E-state index >= 15 is 0 Å². The van der Waals surface area contributed by atoms with Crippen molar-refractivity contribution in [2.45, 2.75) is 39.8 Å². The summed E-state index contributed by atoms with van der Waals surface area (Å²) in [6, 6.07) is 4.05. The molecule has 0 unspecified atom stereocenters. The van der Waals surface area contributed by atoms with Crippen LogP contribution in [0, 0.1) is 0 Å². The quantitative estimate of drug-likeness (QED) is 0.706. The van der Waals surface area contributed by atoms with Gasteiger partial charge in [0.05, 0.1) is 12.1 Å². The second kappa shape index (κ2) is 7.26. The maximum Gasteiger partial charge on any atom is 0.407 e. The molecule has 0 saturated carbocycles. The summed E-state index contributed by atoms with van der Waals surface area (Å²) >= 11 is 0. The monoisotopic (exact) mass is 372 g/mol. The van der Waals surface area contributed by atoms with Crippen LogP contribution in [0.5, 0.6) is 6.01 Å². The zero-order valence-electron chi connectivity index (χ0n) is 15.9. The van der Waals surface area contributed by atoms with Gasteiger partial charge in [-0.15, -0.1) is 0 Å². The summed E-state index contributed by atoms with van der Waals surface area (Å²) < 4.78 is 12.8. The van der Waals surface area contributed by atoms with Crippen LogP contribution >= 0.6 is 0 Å². The van der Waals surface area contributed by atoms with E-state index in [1.165, 1.54) is 0 Å². The summed E-state index contributed by atoms with van der Waals surface area (Å²) in [6.07, 6.45) is 1.21. The molecule has 0 aliphatic heterocycles. The van der Waals surface area contributed by atoms with Crippen molar-refractivity contribution in [2.75, 3.05) is 18.9 Å². The molecule has 0 aliphatic carbocycles. The Morgan fingerprint density at radius 2 is 2.07 bits per heavy atom. The zero-order chi connectivity index (χ0) is 19.6. The van der Waals surface area contributed by atoms with Gasteiger partial charge in [-0.2, -0.15) is 4.98 Å². The molecular formula is C18H24N6O3. The van der Waals surface area contributed by atoms with E-state index in [9.17, 15) is 4.79 Å². The number of alkyl carbamates (subject to hydrolysis) is 1. The first kappa shape index (κ1) is 18.7. The molecule has 144 valence electrons. The fraction of sp³-hybridized carbons (Fsp3) is 0.444. The van der Waals surface area contributed by atoms with Gasteiger partial charge in [0, 0.05) is 19.3 Å². The molecule has 0 fully saturated rings. The first-order chi connectivity index (χ1) is 12.8. The fourth-order valence-corrected chi connectivity index (χ4v) is 2.73. The van der Waals surface area contributed by atoms with Gasteiger partial charge in [-0.05, 0) is 39.8 Å². The zero-order valence-corrected chi connectivity index (χ0v) is 15.9. The van der Waals surface area contributed by atoms with Gasteiger partial charge in [0.15, 0.2) is 5.82 Å². The van der Waals surface area contributed by atoms with Crippen LogP contribution in [0.2, 0.25) is 0 Å². The number of rotatable bonds is 5. The summed E-state index contributed by atoms with van der Waals surface area (Å²) in [5, 5.41) is 2.74. The van der Waals surface area contributed by atoms with Gasteiger partial charge in [-0.3, -0.25) is 9.55 Å². The highest BCUT2D eigenvalue weighted by Crippen LogP contribution is 2.30. The smallest absolute Gasteiger partial charge is 0.407 e. The Balaban J connectivity index is 1.95. The lowest BCUT2D eigenvalue weighted by atomic mass is 10.2. The first-order valence-electron chi connectivity index (χ1n) is 8.80. The minimum absolute atomic E-state index is 0.310. The predicted molar refractivity (Wildman–Crippen MR) is 103 cm³/mol. The number of aromatic nitrogens is 4. The van der Waals surface area contributed by atoms with Crippen molar-refractivity contribution in [3.05, 3.63) is 18.3 Å². The van der Waals surface area contributed by atoms with E-state index in [2.05, 4.69) is 20.3 Å². The van der Waals surface area contributed by atoms with Crippen LogP contribution < -0.4 is 15.8 Å². The van der Waals surface area contributed by atoms with Crippen LogP contribution in [-0.4, -0.2) is 44.4 Å². The van der Waals surface area contributed by atoms with Crippen molar-refractivity contribution in [3.63, 3.8) is 0 Å². The second-order valence-electron chi connectivity index (χ2n) is 6.97. The summed E-state index contributed by atoms with van der Waals surface area (Å²) in [5.41, 5.74) is 8.14. The fourth-order valence-electron chi connectivity index (χ4n) is 2.73. The molecule has 3 heterocycles. The number of anilines is 1. The Morgan fingerprint density at radius 1 is 1.30 bits per heavy atom. The number of imidazole rings is 1. The highest BCUT2D eigenvalue weighted by atomic mass is 16.6. The molecule has 1 amide bonds. The van der Waals surface area contributed by atoms with Crippen LogP contribution in [0.15, 0.2) is 18.3 Å². The molecule has 9 heteroatoms. The number of nitrogens with zero attached hydrogens (tertiary/aromatic N) is 4. The molecule has 0 atom stereocenters. The molecule has 0 bridgehead atoms. The molecule has 9 nitrogen and oxygen atoms in total. The van der Waals surface area contributed by atoms with E-state index < -0.39 is 11.7 Å². The average Bonchev–Trinajstić information content (AvgIpc) is 2.93. The number of carbonyl (C=O) groups is 1. The number of nitrogen functional groups attached to an aromatic ring is 1. The Bertz CT molecular complexity index is 977. The number of hydrogen-bond acceptors (Lipinski definition) is 7. The molecule has 27 heavy (non-hydrogen) atoms. The molecular weight excluding hydrogens is 348 g/mol. The molecule has 0 spiro atoms. The maximum atomic E-state index is 11.9. The van der Waals surface area contributed by atoms with Crippen LogP contribution in [-0.2, 0) is 11.3 Å². The van der Waals surface area contributed by atoms with Crippen LogP contribution in [0.1, 0.15) is 27.7 Å². The summed E-state index contributed by atoms with van der Waals surface area (Å²) in [5.74, 6) is 0.310. The van der Waals surface area contributed by atoms with Gasteiger partial charge in [0.1, 0.15) is 22.2 Å². The van der Waals surface area contributed by atoms with Gasteiger partial charge in [-0.25, -0.2) is 9.78 Å². The standard InChI is InChI=1S/C18H24N6O3/c1-5-26-16-23-13-14(12-11(22-15(13)19)7-6-8-20-12)24(16)10-9-21-17(25)27-18(2,3)4/h6-8H,5,9-10H2,1-4H3,(H2,19,22)(H,21,25). The topological polar surface area (TPSA) is 117 Å². The van der Waals surface area contributed by atoms with Gasteiger partial charge in [0.25, 0.3) is 6.01 Å². The second-order valence-corrected chi connectivity index (χ2v) is 6.97. The van der Waals surface area contributed by atoms with Crippen molar-refractivity contribution in [1.82, 2.24) is 24.8 Å². The average molecular weight is 372 g/mol. The van der Waals surface area contributed by atoms with Crippen molar-refractivity contribution < 1.29 is 14.3 Å². The molecule has 3 aromatic heterocycles. The lowest BCUT2D eigenvalue weighted by Gasteiger charge is -2.19. The van der Waals surface area contributed by atoms with Crippen LogP contribution in [0.4, 0.5) is 10.6 Å². The number of carbonyl (C=O) groups excluding carboxylic acids is 1. The SMILES string of the molecule is CCOc1nc2c(N)nc3cccnc3c2n1CCNC(=O)OC(C)(C)C. The number of amides is 1. The van der Waals surface area contributed by atoms with E-state index in [1.54, 1.807) is 12.3 Å². The predicted octanol–water partition coefficient (Wildman–Crippen LogP) is 2.49. The van der Waals surface area contributed by atoms with Crippen molar-refractivity contribution >= 4 is 34.0 Å². The van der Waals surface area contributed by atoms with E-state index in [1.807, 2.05) is 38.3 Å². The normalized spacial score (nSPS) is 11.7. The van der Waals surface area contributed by atoms with E-state index in [0.717, 1.165) is 5.52 Å². The largest absolute Gasteiger partial charge is 0.465 e.